The molecular formula is C21H20ClN3O2. The molecule has 5 nitrogen and oxygen atoms in total. The summed E-state index contributed by atoms with van der Waals surface area (Å²) in [6, 6.07) is 15.2. The molecule has 4 rings (SSSR count). The van der Waals surface area contributed by atoms with Gasteiger partial charge in [-0.2, -0.15) is 0 Å². The van der Waals surface area contributed by atoms with Crippen LogP contribution in [-0.4, -0.2) is 44.2 Å². The molecule has 0 saturated carbocycles. The molecule has 0 atom stereocenters. The lowest BCUT2D eigenvalue weighted by molar-refractivity contribution is 0.0994. The predicted octanol–water partition coefficient (Wildman–Crippen LogP) is 4.00. The number of hydrogen-bond acceptors (Lipinski definition) is 4. The van der Waals surface area contributed by atoms with Crippen molar-refractivity contribution < 1.29 is 9.53 Å². The first-order chi connectivity index (χ1) is 13.2. The van der Waals surface area contributed by atoms with Crippen LogP contribution in [0.5, 0.6) is 0 Å². The molecular weight excluding hydrogens is 362 g/mol. The number of rotatable bonds is 3. The van der Waals surface area contributed by atoms with E-state index in [9.17, 15) is 4.79 Å². The molecule has 1 fully saturated rings. The van der Waals surface area contributed by atoms with Crippen LogP contribution in [0.3, 0.4) is 0 Å². The van der Waals surface area contributed by atoms with Crippen molar-refractivity contribution in [2.24, 2.45) is 0 Å². The number of aromatic nitrogens is 1. The van der Waals surface area contributed by atoms with Crippen LogP contribution in [-0.2, 0) is 4.74 Å². The van der Waals surface area contributed by atoms with Gasteiger partial charge in [-0.3, -0.25) is 4.79 Å². The van der Waals surface area contributed by atoms with Gasteiger partial charge in [-0.05, 0) is 17.5 Å². The second-order valence-corrected chi connectivity index (χ2v) is 6.86. The molecule has 2 heterocycles. The van der Waals surface area contributed by atoms with Gasteiger partial charge in [-0.25, -0.2) is 4.98 Å². The Labute approximate surface area is 163 Å². The number of benzene rings is 2. The van der Waals surface area contributed by atoms with Crippen molar-refractivity contribution in [1.82, 2.24) is 4.98 Å². The second kappa shape index (κ2) is 7.55. The molecule has 27 heavy (non-hydrogen) atoms. The predicted molar refractivity (Wildman–Crippen MR) is 109 cm³/mol. The summed E-state index contributed by atoms with van der Waals surface area (Å²) in [6.45, 7) is 2.96. The SMILES string of the molecule is CN(C(=O)c1cnc(N2CCOCC2)c2ccccc12)c1ccccc1Cl. The fourth-order valence-electron chi connectivity index (χ4n) is 3.39. The first-order valence-electron chi connectivity index (χ1n) is 8.90. The van der Waals surface area contributed by atoms with E-state index in [4.69, 9.17) is 16.3 Å². The standard InChI is InChI=1S/C21H20ClN3O2/c1-24(19-9-5-4-8-18(19)22)21(26)17-14-23-20(25-10-12-27-13-11-25)16-7-3-2-6-15(16)17/h2-9,14H,10-13H2,1H3. The summed E-state index contributed by atoms with van der Waals surface area (Å²) in [7, 11) is 1.73. The summed E-state index contributed by atoms with van der Waals surface area (Å²) >= 11 is 6.27. The van der Waals surface area contributed by atoms with Crippen molar-refractivity contribution in [2.45, 2.75) is 0 Å². The zero-order chi connectivity index (χ0) is 18.8. The molecule has 1 aromatic heterocycles. The lowest BCUT2D eigenvalue weighted by Gasteiger charge is -2.29. The number of pyridine rings is 1. The van der Waals surface area contributed by atoms with E-state index in [2.05, 4.69) is 9.88 Å². The number of carbonyl (C=O) groups is 1. The maximum Gasteiger partial charge on any atom is 0.260 e. The zero-order valence-electron chi connectivity index (χ0n) is 15.1. The molecule has 1 aliphatic rings. The summed E-state index contributed by atoms with van der Waals surface area (Å²) in [5, 5.41) is 2.39. The van der Waals surface area contributed by atoms with Gasteiger partial charge in [0.2, 0.25) is 0 Å². The number of anilines is 2. The average Bonchev–Trinajstić information content (AvgIpc) is 2.73. The molecule has 0 bridgehead atoms. The molecule has 0 unspecified atom stereocenters. The molecule has 138 valence electrons. The average molecular weight is 382 g/mol. The van der Waals surface area contributed by atoms with Gasteiger partial charge in [0.25, 0.3) is 5.91 Å². The monoisotopic (exact) mass is 381 g/mol. The molecule has 0 radical (unpaired) electrons. The number of ether oxygens (including phenoxy) is 1. The Morgan fingerprint density at radius 3 is 2.48 bits per heavy atom. The Morgan fingerprint density at radius 1 is 1.07 bits per heavy atom. The smallest absolute Gasteiger partial charge is 0.260 e. The Balaban J connectivity index is 1.76. The van der Waals surface area contributed by atoms with Crippen LogP contribution in [0.25, 0.3) is 10.8 Å². The summed E-state index contributed by atoms with van der Waals surface area (Å²) in [5.74, 6) is 0.756. The number of carbonyl (C=O) groups excluding carboxylic acids is 1. The highest BCUT2D eigenvalue weighted by Crippen LogP contribution is 2.30. The fraction of sp³-hybridized carbons (Fsp3) is 0.238. The van der Waals surface area contributed by atoms with Gasteiger partial charge in [-0.1, -0.05) is 48.0 Å². The first kappa shape index (κ1) is 17.8. The van der Waals surface area contributed by atoms with E-state index in [0.29, 0.717) is 29.5 Å². The Morgan fingerprint density at radius 2 is 1.74 bits per heavy atom. The lowest BCUT2D eigenvalue weighted by Crippen LogP contribution is -2.37. The van der Waals surface area contributed by atoms with Crippen LogP contribution in [0, 0.1) is 0 Å². The number of amides is 1. The van der Waals surface area contributed by atoms with Crippen LogP contribution in [0.2, 0.25) is 5.02 Å². The minimum absolute atomic E-state index is 0.139. The second-order valence-electron chi connectivity index (χ2n) is 6.46. The number of fused-ring (bicyclic) bond motifs is 1. The Hall–Kier alpha value is -2.63. The largest absolute Gasteiger partial charge is 0.378 e. The molecule has 1 aliphatic heterocycles. The quantitative estimate of drug-likeness (QED) is 0.688. The van der Waals surface area contributed by atoms with Gasteiger partial charge >= 0.3 is 0 Å². The molecule has 3 aromatic rings. The van der Waals surface area contributed by atoms with Gasteiger partial charge in [0.1, 0.15) is 5.82 Å². The maximum atomic E-state index is 13.2. The molecule has 6 heteroatoms. The van der Waals surface area contributed by atoms with E-state index in [1.165, 1.54) is 0 Å². The third kappa shape index (κ3) is 3.36. The highest BCUT2D eigenvalue weighted by Gasteiger charge is 2.22. The van der Waals surface area contributed by atoms with Gasteiger partial charge in [0.15, 0.2) is 0 Å². The van der Waals surface area contributed by atoms with Crippen LogP contribution in [0.4, 0.5) is 11.5 Å². The van der Waals surface area contributed by atoms with Gasteiger partial charge in [-0.15, -0.1) is 0 Å². The fourth-order valence-corrected chi connectivity index (χ4v) is 3.65. The van der Waals surface area contributed by atoms with Crippen LogP contribution in [0.1, 0.15) is 10.4 Å². The molecule has 0 aliphatic carbocycles. The van der Waals surface area contributed by atoms with Crippen molar-refractivity contribution in [1.29, 1.82) is 0 Å². The molecule has 1 amide bonds. The first-order valence-corrected chi connectivity index (χ1v) is 9.27. The minimum atomic E-state index is -0.139. The Bertz CT molecular complexity index is 986. The highest BCUT2D eigenvalue weighted by atomic mass is 35.5. The number of morpholine rings is 1. The summed E-state index contributed by atoms with van der Waals surface area (Å²) in [4.78, 5) is 21.6. The van der Waals surface area contributed by atoms with Crippen molar-refractivity contribution in [2.75, 3.05) is 43.2 Å². The third-order valence-electron chi connectivity index (χ3n) is 4.83. The number of para-hydroxylation sites is 1. The minimum Gasteiger partial charge on any atom is -0.378 e. The van der Waals surface area contributed by atoms with Gasteiger partial charge in [0.05, 0.1) is 29.5 Å². The summed E-state index contributed by atoms with van der Waals surface area (Å²) < 4.78 is 5.44. The van der Waals surface area contributed by atoms with E-state index < -0.39 is 0 Å². The van der Waals surface area contributed by atoms with E-state index >= 15 is 0 Å². The van der Waals surface area contributed by atoms with Gasteiger partial charge < -0.3 is 14.5 Å². The van der Waals surface area contributed by atoms with Crippen LogP contribution < -0.4 is 9.80 Å². The topological polar surface area (TPSA) is 45.7 Å². The molecule has 1 saturated heterocycles. The molecule has 2 aromatic carbocycles. The van der Waals surface area contributed by atoms with Crippen molar-refractivity contribution in [3.63, 3.8) is 0 Å². The number of hydrogen-bond donors (Lipinski definition) is 0. The summed E-state index contributed by atoms with van der Waals surface area (Å²) in [5.41, 5.74) is 1.23. The number of nitrogens with zero attached hydrogens (tertiary/aromatic N) is 3. The van der Waals surface area contributed by atoms with Crippen LogP contribution >= 0.6 is 11.6 Å². The van der Waals surface area contributed by atoms with Crippen molar-refractivity contribution >= 4 is 39.8 Å². The lowest BCUT2D eigenvalue weighted by atomic mass is 10.1. The van der Waals surface area contributed by atoms with E-state index in [1.807, 2.05) is 42.5 Å². The zero-order valence-corrected chi connectivity index (χ0v) is 15.8. The van der Waals surface area contributed by atoms with E-state index in [0.717, 1.165) is 29.7 Å². The van der Waals surface area contributed by atoms with Crippen molar-refractivity contribution in [3.05, 3.63) is 65.3 Å². The van der Waals surface area contributed by atoms with Gasteiger partial charge in [0, 0.05) is 31.7 Å². The highest BCUT2D eigenvalue weighted by molar-refractivity contribution is 6.34. The molecule has 0 N–H and O–H groups in total. The van der Waals surface area contributed by atoms with Crippen molar-refractivity contribution in [3.8, 4) is 0 Å². The summed E-state index contributed by atoms with van der Waals surface area (Å²) in [6.07, 6.45) is 1.67. The normalized spacial score (nSPS) is 14.4. The third-order valence-corrected chi connectivity index (χ3v) is 5.15. The van der Waals surface area contributed by atoms with Crippen LogP contribution in [0.15, 0.2) is 54.7 Å². The maximum absolute atomic E-state index is 13.2. The Kier molecular flexibility index (Phi) is 4.97. The van der Waals surface area contributed by atoms with E-state index in [1.54, 1.807) is 24.2 Å². The van der Waals surface area contributed by atoms with E-state index in [-0.39, 0.29) is 5.91 Å². The number of halogens is 1. The molecule has 0 spiro atoms.